The fraction of sp³-hybridized carbons (Fsp3) is 0.600. The van der Waals surface area contributed by atoms with E-state index in [-0.39, 0.29) is 0 Å². The number of piperazine rings is 1. The van der Waals surface area contributed by atoms with Gasteiger partial charge in [0, 0.05) is 37.2 Å². The molecular weight excluding hydrogens is 304 g/mol. The Bertz CT molecular complexity index is 403. The molecule has 0 aliphatic carbocycles. The van der Waals surface area contributed by atoms with E-state index in [1.165, 1.54) is 5.56 Å². The van der Waals surface area contributed by atoms with E-state index in [2.05, 4.69) is 52.1 Å². The van der Waals surface area contributed by atoms with Gasteiger partial charge in [-0.05, 0) is 29.7 Å². The molecular formula is C15H23BrN2O. The minimum absolute atomic E-state index is 0.478. The van der Waals surface area contributed by atoms with Gasteiger partial charge in [-0.15, -0.1) is 0 Å². The lowest BCUT2D eigenvalue weighted by molar-refractivity contribution is 0.190. The monoisotopic (exact) mass is 326 g/mol. The summed E-state index contributed by atoms with van der Waals surface area (Å²) < 4.78 is 7.09. The first-order valence-electron chi connectivity index (χ1n) is 7.02. The Kier molecular flexibility index (Phi) is 5.67. The predicted octanol–water partition coefficient (Wildman–Crippen LogP) is 2.86. The summed E-state index contributed by atoms with van der Waals surface area (Å²) in [5, 5.41) is 3.37. The van der Waals surface area contributed by atoms with Crippen molar-refractivity contribution in [1.82, 2.24) is 10.2 Å². The van der Waals surface area contributed by atoms with Crippen LogP contribution in [0.3, 0.4) is 0 Å². The molecule has 2 rings (SSSR count). The van der Waals surface area contributed by atoms with Crippen molar-refractivity contribution >= 4 is 15.9 Å². The van der Waals surface area contributed by atoms with E-state index < -0.39 is 0 Å². The van der Waals surface area contributed by atoms with Gasteiger partial charge in [0.2, 0.25) is 0 Å². The number of benzene rings is 1. The summed E-state index contributed by atoms with van der Waals surface area (Å²) in [5.74, 6) is 1.50. The maximum absolute atomic E-state index is 5.97. The number of hydrogen-bond acceptors (Lipinski definition) is 3. The normalized spacial score (nSPS) is 16.8. The first kappa shape index (κ1) is 14.8. The lowest BCUT2D eigenvalue weighted by Gasteiger charge is -2.27. The molecule has 1 aromatic carbocycles. The van der Waals surface area contributed by atoms with Crippen LogP contribution in [0.2, 0.25) is 0 Å². The molecule has 0 spiro atoms. The lowest BCUT2D eigenvalue weighted by atomic mass is 10.0. The smallest absolute Gasteiger partial charge is 0.122 e. The molecule has 0 bridgehead atoms. The van der Waals surface area contributed by atoms with E-state index in [1.807, 2.05) is 6.07 Å². The van der Waals surface area contributed by atoms with Crippen LogP contribution in [0, 0.1) is 0 Å². The average Bonchev–Trinajstić information content (AvgIpc) is 2.41. The number of ether oxygens (including phenoxy) is 1. The molecule has 1 aliphatic heterocycles. The summed E-state index contributed by atoms with van der Waals surface area (Å²) in [5.41, 5.74) is 1.27. The Labute approximate surface area is 124 Å². The van der Waals surface area contributed by atoms with E-state index in [9.17, 15) is 0 Å². The highest BCUT2D eigenvalue weighted by Gasteiger charge is 2.11. The lowest BCUT2D eigenvalue weighted by Crippen LogP contribution is -2.44. The zero-order valence-electron chi connectivity index (χ0n) is 11.8. The molecule has 0 saturated carbocycles. The van der Waals surface area contributed by atoms with Crippen LogP contribution >= 0.6 is 15.9 Å². The third-order valence-electron chi connectivity index (χ3n) is 3.47. The van der Waals surface area contributed by atoms with Crippen molar-refractivity contribution in [3.05, 3.63) is 28.2 Å². The van der Waals surface area contributed by atoms with E-state index in [1.54, 1.807) is 0 Å². The van der Waals surface area contributed by atoms with Crippen molar-refractivity contribution in [1.29, 1.82) is 0 Å². The Morgan fingerprint density at radius 2 is 2.05 bits per heavy atom. The zero-order valence-corrected chi connectivity index (χ0v) is 13.4. The summed E-state index contributed by atoms with van der Waals surface area (Å²) in [4.78, 5) is 2.45. The summed E-state index contributed by atoms with van der Waals surface area (Å²) in [6.07, 6.45) is 0. The molecule has 106 valence electrons. The first-order chi connectivity index (χ1) is 9.16. The highest BCUT2D eigenvalue weighted by Crippen LogP contribution is 2.29. The summed E-state index contributed by atoms with van der Waals surface area (Å²) in [6.45, 7) is 10.6. The van der Waals surface area contributed by atoms with Gasteiger partial charge in [-0.2, -0.15) is 0 Å². The molecule has 0 unspecified atom stereocenters. The van der Waals surface area contributed by atoms with Crippen LogP contribution in [0.1, 0.15) is 25.3 Å². The molecule has 1 aromatic rings. The largest absolute Gasteiger partial charge is 0.492 e. The second-order valence-corrected chi connectivity index (χ2v) is 6.19. The second-order valence-electron chi connectivity index (χ2n) is 5.28. The van der Waals surface area contributed by atoms with Crippen LogP contribution in [0.15, 0.2) is 22.7 Å². The van der Waals surface area contributed by atoms with Gasteiger partial charge in [-0.1, -0.05) is 29.8 Å². The van der Waals surface area contributed by atoms with Crippen molar-refractivity contribution in [2.75, 3.05) is 39.3 Å². The second kappa shape index (κ2) is 7.27. The number of nitrogens with zero attached hydrogens (tertiary/aromatic N) is 1. The van der Waals surface area contributed by atoms with Gasteiger partial charge >= 0.3 is 0 Å². The van der Waals surface area contributed by atoms with Crippen molar-refractivity contribution < 1.29 is 4.74 Å². The van der Waals surface area contributed by atoms with Gasteiger partial charge in [-0.3, -0.25) is 4.90 Å². The number of rotatable bonds is 5. The number of halogens is 1. The molecule has 1 aliphatic rings. The summed E-state index contributed by atoms with van der Waals surface area (Å²) in [7, 11) is 0. The molecule has 19 heavy (non-hydrogen) atoms. The predicted molar refractivity (Wildman–Crippen MR) is 83.0 cm³/mol. The van der Waals surface area contributed by atoms with Crippen molar-refractivity contribution in [3.63, 3.8) is 0 Å². The third kappa shape index (κ3) is 4.48. The molecule has 1 fully saturated rings. The van der Waals surface area contributed by atoms with Gasteiger partial charge < -0.3 is 10.1 Å². The molecule has 4 heteroatoms. The average molecular weight is 327 g/mol. The molecule has 0 radical (unpaired) electrons. The minimum Gasteiger partial charge on any atom is -0.492 e. The van der Waals surface area contributed by atoms with Gasteiger partial charge in [0.25, 0.3) is 0 Å². The summed E-state index contributed by atoms with van der Waals surface area (Å²) in [6, 6.07) is 6.27. The summed E-state index contributed by atoms with van der Waals surface area (Å²) >= 11 is 3.52. The van der Waals surface area contributed by atoms with E-state index in [4.69, 9.17) is 4.74 Å². The number of hydrogen-bond donors (Lipinski definition) is 1. The maximum Gasteiger partial charge on any atom is 0.122 e. The molecule has 0 aromatic heterocycles. The van der Waals surface area contributed by atoms with Gasteiger partial charge in [0.15, 0.2) is 0 Å². The van der Waals surface area contributed by atoms with Crippen LogP contribution in [0.5, 0.6) is 5.75 Å². The zero-order chi connectivity index (χ0) is 13.7. The Balaban J connectivity index is 1.88. The van der Waals surface area contributed by atoms with E-state index in [0.29, 0.717) is 5.92 Å². The Morgan fingerprint density at radius 3 is 2.74 bits per heavy atom. The molecule has 0 atom stereocenters. The SMILES string of the molecule is CC(C)c1cc(Br)ccc1OCCN1CCNCC1. The van der Waals surface area contributed by atoms with E-state index >= 15 is 0 Å². The highest BCUT2D eigenvalue weighted by molar-refractivity contribution is 9.10. The first-order valence-corrected chi connectivity index (χ1v) is 7.81. The topological polar surface area (TPSA) is 24.5 Å². The Morgan fingerprint density at radius 1 is 1.32 bits per heavy atom. The van der Waals surface area contributed by atoms with Crippen molar-refractivity contribution in [2.24, 2.45) is 0 Å². The molecule has 1 N–H and O–H groups in total. The van der Waals surface area contributed by atoms with Crippen LogP contribution in [-0.4, -0.2) is 44.2 Å². The molecule has 1 heterocycles. The van der Waals surface area contributed by atoms with E-state index in [0.717, 1.165) is 49.6 Å². The molecule has 1 saturated heterocycles. The standard InChI is InChI=1S/C15H23BrN2O/c1-12(2)14-11-13(16)3-4-15(14)19-10-9-18-7-5-17-6-8-18/h3-4,11-12,17H,5-10H2,1-2H3. The van der Waals surface area contributed by atoms with Crippen LogP contribution < -0.4 is 10.1 Å². The molecule has 0 amide bonds. The van der Waals surface area contributed by atoms with Gasteiger partial charge in [-0.25, -0.2) is 0 Å². The number of nitrogens with one attached hydrogen (secondary N) is 1. The highest BCUT2D eigenvalue weighted by atomic mass is 79.9. The fourth-order valence-corrected chi connectivity index (χ4v) is 2.70. The Hall–Kier alpha value is -0.580. The quantitative estimate of drug-likeness (QED) is 0.900. The van der Waals surface area contributed by atoms with Crippen molar-refractivity contribution in [3.8, 4) is 5.75 Å². The van der Waals surface area contributed by atoms with Crippen molar-refractivity contribution in [2.45, 2.75) is 19.8 Å². The third-order valence-corrected chi connectivity index (χ3v) is 3.96. The van der Waals surface area contributed by atoms with Gasteiger partial charge in [0.1, 0.15) is 12.4 Å². The molecule has 3 nitrogen and oxygen atoms in total. The fourth-order valence-electron chi connectivity index (χ4n) is 2.32. The minimum atomic E-state index is 0.478. The van der Waals surface area contributed by atoms with Gasteiger partial charge in [0.05, 0.1) is 0 Å². The van der Waals surface area contributed by atoms with Crippen LogP contribution in [0.4, 0.5) is 0 Å². The van der Waals surface area contributed by atoms with Crippen LogP contribution in [0.25, 0.3) is 0 Å². The maximum atomic E-state index is 5.97. The van der Waals surface area contributed by atoms with Crippen LogP contribution in [-0.2, 0) is 0 Å².